The fourth-order valence-corrected chi connectivity index (χ4v) is 4.20. The lowest BCUT2D eigenvalue weighted by Crippen LogP contribution is -2.42. The van der Waals surface area contributed by atoms with Gasteiger partial charge in [-0.25, -0.2) is 31.5 Å². The molecular formula is C25H25F2N5O5S. The maximum atomic E-state index is 14.4. The lowest BCUT2D eigenvalue weighted by molar-refractivity contribution is 0.0953. The molecule has 0 spiro atoms. The van der Waals surface area contributed by atoms with Crippen LogP contribution in [0.25, 0.3) is 0 Å². The molecule has 0 heterocycles. The van der Waals surface area contributed by atoms with Gasteiger partial charge in [0.15, 0.2) is 0 Å². The molecule has 0 saturated heterocycles. The van der Waals surface area contributed by atoms with E-state index in [1.54, 1.807) is 26.0 Å². The van der Waals surface area contributed by atoms with E-state index in [9.17, 15) is 31.6 Å². The molecule has 3 aromatic rings. The Morgan fingerprint density at radius 1 is 0.789 bits per heavy atom. The highest BCUT2D eigenvalue weighted by atomic mass is 32.2. The van der Waals surface area contributed by atoms with Gasteiger partial charge in [-0.2, -0.15) is 0 Å². The van der Waals surface area contributed by atoms with E-state index in [2.05, 4.69) is 21.3 Å². The molecular weight excluding hydrogens is 520 g/mol. The van der Waals surface area contributed by atoms with E-state index in [0.717, 1.165) is 12.1 Å². The first-order valence-corrected chi connectivity index (χ1v) is 12.7. The Bertz CT molecular complexity index is 1480. The second kappa shape index (κ2) is 12.1. The van der Waals surface area contributed by atoms with E-state index in [1.807, 2.05) is 4.72 Å². The molecule has 5 N–H and O–H groups in total. The number of anilines is 2. The van der Waals surface area contributed by atoms with E-state index in [-0.39, 0.29) is 34.9 Å². The van der Waals surface area contributed by atoms with E-state index in [4.69, 9.17) is 0 Å². The Kier molecular flexibility index (Phi) is 8.97. The third-order valence-electron chi connectivity index (χ3n) is 5.13. The Morgan fingerprint density at radius 3 is 2.21 bits per heavy atom. The smallest absolute Gasteiger partial charge is 0.328 e. The second-order valence-corrected chi connectivity index (χ2v) is 9.85. The van der Waals surface area contributed by atoms with Crippen LogP contribution in [0.4, 0.5) is 29.7 Å². The summed E-state index contributed by atoms with van der Waals surface area (Å²) in [5.74, 6) is -2.06. The number of nitrogens with one attached hydrogen (secondary N) is 5. The van der Waals surface area contributed by atoms with E-state index in [1.165, 1.54) is 36.4 Å². The topological polar surface area (TPSA) is 146 Å². The van der Waals surface area contributed by atoms with Gasteiger partial charge in [0, 0.05) is 24.3 Å². The number of carbonyl (C=O) groups excluding carboxylic acids is 3. The van der Waals surface area contributed by atoms with Crippen molar-refractivity contribution in [2.75, 3.05) is 23.7 Å². The largest absolute Gasteiger partial charge is 0.350 e. The maximum Gasteiger partial charge on any atom is 0.328 e. The molecule has 0 radical (unpaired) electrons. The Balaban J connectivity index is 1.46. The number of carbonyl (C=O) groups is 3. The van der Waals surface area contributed by atoms with Crippen LogP contribution in [0.5, 0.6) is 0 Å². The molecule has 0 saturated carbocycles. The van der Waals surface area contributed by atoms with Crippen LogP contribution in [0.15, 0.2) is 65.6 Å². The minimum Gasteiger partial charge on any atom is -0.350 e. The number of halogens is 2. The fourth-order valence-electron chi connectivity index (χ4n) is 3.17. The van der Waals surface area contributed by atoms with Crippen LogP contribution in [0.1, 0.15) is 21.5 Å². The molecule has 0 fully saturated rings. The number of aryl methyl sites for hydroxylation is 2. The quantitative estimate of drug-likeness (QED) is 0.275. The number of amides is 5. The fraction of sp³-hybridized carbons (Fsp3) is 0.160. The molecule has 38 heavy (non-hydrogen) atoms. The van der Waals surface area contributed by atoms with Gasteiger partial charge in [-0.05, 0) is 67.4 Å². The molecule has 10 nitrogen and oxygen atoms in total. The minimum absolute atomic E-state index is 0.0551. The summed E-state index contributed by atoms with van der Waals surface area (Å²) in [6, 6.07) is 11.7. The van der Waals surface area contributed by atoms with E-state index >= 15 is 0 Å². The Hall–Kier alpha value is -4.52. The molecule has 0 unspecified atom stereocenters. The van der Waals surface area contributed by atoms with Gasteiger partial charge >= 0.3 is 12.1 Å². The third kappa shape index (κ3) is 7.74. The molecule has 0 aliphatic heterocycles. The number of sulfonamides is 1. The van der Waals surface area contributed by atoms with Gasteiger partial charge in [-0.1, -0.05) is 18.2 Å². The number of hydrogen-bond donors (Lipinski definition) is 5. The summed E-state index contributed by atoms with van der Waals surface area (Å²) in [5, 5.41) is 9.41. The Morgan fingerprint density at radius 2 is 1.53 bits per heavy atom. The van der Waals surface area contributed by atoms with Crippen LogP contribution in [0, 0.1) is 25.5 Å². The molecule has 0 aliphatic carbocycles. The van der Waals surface area contributed by atoms with Gasteiger partial charge < -0.3 is 21.3 Å². The van der Waals surface area contributed by atoms with Crippen molar-refractivity contribution in [1.29, 1.82) is 0 Å². The lowest BCUT2D eigenvalue weighted by Gasteiger charge is -2.11. The molecule has 3 rings (SSSR count). The first-order valence-electron chi connectivity index (χ1n) is 11.2. The predicted octanol–water partition coefficient (Wildman–Crippen LogP) is 3.64. The summed E-state index contributed by atoms with van der Waals surface area (Å²) >= 11 is 0. The van der Waals surface area contributed by atoms with Crippen molar-refractivity contribution < 1.29 is 31.6 Å². The van der Waals surface area contributed by atoms with E-state index < -0.39 is 39.6 Å². The number of hydrogen-bond acceptors (Lipinski definition) is 5. The zero-order chi connectivity index (χ0) is 27.9. The molecule has 200 valence electrons. The zero-order valence-electron chi connectivity index (χ0n) is 20.4. The van der Waals surface area contributed by atoms with Gasteiger partial charge in [0.1, 0.15) is 11.6 Å². The van der Waals surface area contributed by atoms with Gasteiger partial charge in [0.2, 0.25) is 0 Å². The third-order valence-corrected chi connectivity index (χ3v) is 6.46. The number of benzene rings is 3. The van der Waals surface area contributed by atoms with Crippen LogP contribution >= 0.6 is 0 Å². The summed E-state index contributed by atoms with van der Waals surface area (Å²) in [7, 11) is -4.06. The molecule has 0 bridgehead atoms. The van der Waals surface area contributed by atoms with Crippen LogP contribution in [-0.2, 0) is 10.0 Å². The van der Waals surface area contributed by atoms with Crippen LogP contribution in [0.3, 0.4) is 0 Å². The molecule has 0 aliphatic rings. The summed E-state index contributed by atoms with van der Waals surface area (Å²) in [6.45, 7) is 3.10. The average molecular weight is 546 g/mol. The van der Waals surface area contributed by atoms with Crippen molar-refractivity contribution in [3.63, 3.8) is 0 Å². The van der Waals surface area contributed by atoms with Gasteiger partial charge in [0.05, 0.1) is 10.6 Å². The highest BCUT2D eigenvalue weighted by Gasteiger charge is 2.17. The van der Waals surface area contributed by atoms with Crippen molar-refractivity contribution in [3.05, 3.63) is 89.0 Å². The molecule has 3 aromatic carbocycles. The van der Waals surface area contributed by atoms with E-state index in [0.29, 0.717) is 11.1 Å². The summed E-state index contributed by atoms with van der Waals surface area (Å²) < 4.78 is 54.4. The van der Waals surface area contributed by atoms with Gasteiger partial charge in [-0.15, -0.1) is 0 Å². The normalized spacial score (nSPS) is 10.8. The second-order valence-electron chi connectivity index (χ2n) is 8.17. The molecule has 5 amide bonds. The van der Waals surface area contributed by atoms with Crippen molar-refractivity contribution in [3.8, 4) is 0 Å². The average Bonchev–Trinajstić information content (AvgIpc) is 2.85. The first kappa shape index (κ1) is 28.1. The number of urea groups is 2. The highest BCUT2D eigenvalue weighted by Crippen LogP contribution is 2.18. The number of rotatable bonds is 8. The van der Waals surface area contributed by atoms with Gasteiger partial charge in [-0.3, -0.25) is 4.79 Å². The van der Waals surface area contributed by atoms with Crippen molar-refractivity contribution in [2.24, 2.45) is 0 Å². The lowest BCUT2D eigenvalue weighted by atomic mass is 10.2. The first-order chi connectivity index (χ1) is 17.9. The van der Waals surface area contributed by atoms with Crippen molar-refractivity contribution in [1.82, 2.24) is 15.4 Å². The summed E-state index contributed by atoms with van der Waals surface area (Å²) in [5.41, 5.74) is 1.02. The minimum atomic E-state index is -4.06. The summed E-state index contributed by atoms with van der Waals surface area (Å²) in [6.07, 6.45) is 0. The molecule has 0 atom stereocenters. The van der Waals surface area contributed by atoms with Gasteiger partial charge in [0.25, 0.3) is 15.9 Å². The molecule has 13 heteroatoms. The Labute approximate surface area is 217 Å². The van der Waals surface area contributed by atoms with Crippen LogP contribution in [-0.4, -0.2) is 39.5 Å². The SMILES string of the molecule is Cc1cccc(S(=O)(=O)NC(=O)NCCNC(=O)c2ccc(NC(=O)Nc3ccc(C)c(F)c3)c(F)c2)c1. The monoisotopic (exact) mass is 545 g/mol. The van der Waals surface area contributed by atoms with Crippen molar-refractivity contribution in [2.45, 2.75) is 18.7 Å². The maximum absolute atomic E-state index is 14.4. The van der Waals surface area contributed by atoms with Crippen molar-refractivity contribution >= 4 is 39.4 Å². The van der Waals surface area contributed by atoms with Crippen LogP contribution in [0.2, 0.25) is 0 Å². The summed E-state index contributed by atoms with van der Waals surface area (Å²) in [4.78, 5) is 36.2. The van der Waals surface area contributed by atoms with Crippen LogP contribution < -0.4 is 26.0 Å². The zero-order valence-corrected chi connectivity index (χ0v) is 21.2. The highest BCUT2D eigenvalue weighted by molar-refractivity contribution is 7.90. The molecule has 0 aromatic heterocycles. The predicted molar refractivity (Wildman–Crippen MR) is 137 cm³/mol. The standard InChI is InChI=1S/C25H25F2N5O5S/c1-15-4-3-5-19(12-15)38(36,37)32-24(34)29-11-10-28-23(33)17-7-9-22(21(27)13-17)31-25(35)30-18-8-6-16(2)20(26)14-18/h3-9,12-14H,10-11H2,1-2H3,(H,28,33)(H2,29,32,34)(H2,30,31,35).